The second-order valence-corrected chi connectivity index (χ2v) is 13.1. The SMILES string of the molecule is [B]1c2cccc3c2N(c2ccccc2S3)c2cc3oc4ccccc4c3c(-c3cccc4c3[nH]c3cc5ccccc5cc34)c21. The average Bonchev–Trinajstić information content (AvgIpc) is 3.64. The van der Waals surface area contributed by atoms with Gasteiger partial charge in [-0.05, 0) is 58.2 Å². The van der Waals surface area contributed by atoms with E-state index in [-0.39, 0.29) is 0 Å². The van der Waals surface area contributed by atoms with Crippen LogP contribution in [-0.2, 0) is 0 Å². The number of aromatic amines is 1. The fourth-order valence-corrected chi connectivity index (χ4v) is 8.77. The predicted molar refractivity (Wildman–Crippen MR) is 190 cm³/mol. The van der Waals surface area contributed by atoms with Crippen LogP contribution in [0.25, 0.3) is 65.6 Å². The molecule has 0 saturated carbocycles. The van der Waals surface area contributed by atoms with Gasteiger partial charge in [-0.2, -0.15) is 0 Å². The van der Waals surface area contributed by atoms with Gasteiger partial charge in [-0.1, -0.05) is 102 Å². The van der Waals surface area contributed by atoms with Crippen molar-refractivity contribution < 1.29 is 4.42 Å². The normalized spacial score (nSPS) is 13.4. The summed E-state index contributed by atoms with van der Waals surface area (Å²) in [5.74, 6) is 0. The summed E-state index contributed by atoms with van der Waals surface area (Å²) in [7, 11) is 2.39. The molecular weight excluding hydrogens is 567 g/mol. The average molecular weight is 590 g/mol. The zero-order valence-electron chi connectivity index (χ0n) is 24.0. The van der Waals surface area contributed by atoms with Gasteiger partial charge in [-0.15, -0.1) is 0 Å². The maximum Gasteiger partial charge on any atom is 0.197 e. The maximum atomic E-state index is 6.67. The molecule has 7 aromatic carbocycles. The van der Waals surface area contributed by atoms with E-state index in [1.807, 2.05) is 11.8 Å². The van der Waals surface area contributed by atoms with Crippen molar-refractivity contribution in [1.82, 2.24) is 4.98 Å². The van der Waals surface area contributed by atoms with Crippen LogP contribution < -0.4 is 15.8 Å². The van der Waals surface area contributed by atoms with Crippen molar-refractivity contribution in [3.05, 3.63) is 127 Å². The molecule has 2 aliphatic rings. The Morgan fingerprint density at radius 1 is 0.622 bits per heavy atom. The third kappa shape index (κ3) is 3.18. The number of nitrogens with zero attached hydrogens (tertiary/aromatic N) is 1. The van der Waals surface area contributed by atoms with E-state index >= 15 is 0 Å². The van der Waals surface area contributed by atoms with Gasteiger partial charge < -0.3 is 14.3 Å². The molecule has 0 saturated heterocycles. The summed E-state index contributed by atoms with van der Waals surface area (Å²) in [6.45, 7) is 0. The number of furan rings is 1. The minimum absolute atomic E-state index is 0.897. The highest BCUT2D eigenvalue weighted by Gasteiger charge is 2.35. The molecule has 2 aliphatic heterocycles. The van der Waals surface area contributed by atoms with Gasteiger partial charge in [-0.25, -0.2) is 0 Å². The topological polar surface area (TPSA) is 32.2 Å². The van der Waals surface area contributed by atoms with E-state index in [2.05, 4.69) is 145 Å². The Hall–Kier alpha value is -5.39. The van der Waals surface area contributed by atoms with E-state index in [0.29, 0.717) is 0 Å². The van der Waals surface area contributed by atoms with Crippen LogP contribution in [0.4, 0.5) is 17.1 Å². The molecule has 0 fully saturated rings. The molecule has 2 aromatic heterocycles. The summed E-state index contributed by atoms with van der Waals surface area (Å²) in [6, 6.07) is 46.0. The highest BCUT2D eigenvalue weighted by molar-refractivity contribution is 7.99. The summed E-state index contributed by atoms with van der Waals surface area (Å²) in [4.78, 5) is 8.85. The van der Waals surface area contributed by atoms with Crippen LogP contribution >= 0.6 is 11.8 Å². The highest BCUT2D eigenvalue weighted by atomic mass is 32.2. The first-order valence-electron chi connectivity index (χ1n) is 15.3. The number of benzene rings is 7. The van der Waals surface area contributed by atoms with Gasteiger partial charge in [0.25, 0.3) is 0 Å². The summed E-state index contributed by atoms with van der Waals surface area (Å²) < 4.78 is 6.67. The summed E-state index contributed by atoms with van der Waals surface area (Å²) >= 11 is 1.85. The summed E-state index contributed by atoms with van der Waals surface area (Å²) in [6.07, 6.45) is 0. The number of H-pyrrole nitrogens is 1. The van der Waals surface area contributed by atoms with E-state index in [1.165, 1.54) is 64.8 Å². The van der Waals surface area contributed by atoms with Crippen molar-refractivity contribution in [2.75, 3.05) is 4.90 Å². The van der Waals surface area contributed by atoms with Crippen LogP contribution in [0, 0.1) is 0 Å². The Labute approximate surface area is 263 Å². The highest BCUT2D eigenvalue weighted by Crippen LogP contribution is 2.53. The molecule has 207 valence electrons. The molecule has 11 rings (SSSR count). The molecule has 1 N–H and O–H groups in total. The lowest BCUT2D eigenvalue weighted by Gasteiger charge is -2.39. The van der Waals surface area contributed by atoms with Crippen LogP contribution in [0.2, 0.25) is 0 Å². The maximum absolute atomic E-state index is 6.67. The molecule has 4 heterocycles. The van der Waals surface area contributed by atoms with Crippen molar-refractivity contribution in [2.45, 2.75) is 9.79 Å². The first-order chi connectivity index (χ1) is 22.3. The number of nitrogens with one attached hydrogen (secondary N) is 1. The van der Waals surface area contributed by atoms with Gasteiger partial charge in [0, 0.05) is 54.2 Å². The third-order valence-electron chi connectivity index (χ3n) is 9.58. The van der Waals surface area contributed by atoms with Crippen molar-refractivity contribution in [2.24, 2.45) is 0 Å². The molecule has 0 aliphatic carbocycles. The molecule has 9 aromatic rings. The number of rotatable bonds is 1. The van der Waals surface area contributed by atoms with Crippen LogP contribution in [0.5, 0.6) is 0 Å². The largest absolute Gasteiger partial charge is 0.456 e. The summed E-state index contributed by atoms with van der Waals surface area (Å²) in [5.41, 5.74) is 12.5. The molecule has 0 atom stereocenters. The minimum atomic E-state index is 0.897. The zero-order valence-corrected chi connectivity index (χ0v) is 24.8. The standard InChI is InChI=1S/C40H22BN2OS/c1-2-10-23-20-29-27(19-22(23)9-1)24-12-7-13-26(39(24)42-29)37-36-25-11-3-5-16-32(25)44-33(36)21-31-38(37)41-28-14-8-18-35-40(28)43(31)30-15-4-6-17-34(30)45-35/h1-21,42H. The molecule has 0 unspecified atom stereocenters. The number of hydrogen-bond acceptors (Lipinski definition) is 3. The van der Waals surface area contributed by atoms with Gasteiger partial charge in [-0.3, -0.25) is 0 Å². The number of fused-ring (bicyclic) bond motifs is 11. The minimum Gasteiger partial charge on any atom is -0.456 e. The molecule has 0 spiro atoms. The number of para-hydroxylation sites is 4. The lowest BCUT2D eigenvalue weighted by molar-refractivity contribution is 0.669. The van der Waals surface area contributed by atoms with Gasteiger partial charge in [0.15, 0.2) is 7.28 Å². The lowest BCUT2D eigenvalue weighted by Crippen LogP contribution is -2.42. The zero-order chi connectivity index (χ0) is 29.2. The van der Waals surface area contributed by atoms with E-state index in [1.54, 1.807) is 0 Å². The molecule has 3 nitrogen and oxygen atoms in total. The number of aromatic nitrogens is 1. The smallest absolute Gasteiger partial charge is 0.197 e. The van der Waals surface area contributed by atoms with Crippen LogP contribution in [-0.4, -0.2) is 12.3 Å². The first kappa shape index (κ1) is 24.0. The Balaban J connectivity index is 1.30. The van der Waals surface area contributed by atoms with Crippen LogP contribution in [0.1, 0.15) is 0 Å². The fraction of sp³-hybridized carbons (Fsp3) is 0. The molecule has 0 amide bonds. The van der Waals surface area contributed by atoms with Crippen molar-refractivity contribution in [3.63, 3.8) is 0 Å². The lowest BCUT2D eigenvalue weighted by atomic mass is 9.57. The van der Waals surface area contributed by atoms with Crippen LogP contribution in [0.3, 0.4) is 0 Å². The third-order valence-corrected chi connectivity index (χ3v) is 10.7. The number of hydrogen-bond donors (Lipinski definition) is 1. The van der Waals surface area contributed by atoms with E-state index in [9.17, 15) is 0 Å². The second kappa shape index (κ2) is 8.62. The van der Waals surface area contributed by atoms with Crippen molar-refractivity contribution in [3.8, 4) is 11.1 Å². The van der Waals surface area contributed by atoms with Crippen molar-refractivity contribution in [1.29, 1.82) is 0 Å². The molecule has 5 heteroatoms. The molecule has 45 heavy (non-hydrogen) atoms. The van der Waals surface area contributed by atoms with Crippen molar-refractivity contribution >= 4 is 102 Å². The Bertz CT molecular complexity index is 2740. The monoisotopic (exact) mass is 589 g/mol. The summed E-state index contributed by atoms with van der Waals surface area (Å²) in [5, 5.41) is 7.23. The second-order valence-electron chi connectivity index (χ2n) is 12.0. The quantitative estimate of drug-likeness (QED) is 0.194. The van der Waals surface area contributed by atoms with Gasteiger partial charge in [0.05, 0.1) is 16.9 Å². The predicted octanol–water partition coefficient (Wildman–Crippen LogP) is 9.94. The van der Waals surface area contributed by atoms with Crippen LogP contribution in [0.15, 0.2) is 142 Å². The van der Waals surface area contributed by atoms with Gasteiger partial charge in [0.1, 0.15) is 11.2 Å². The fourth-order valence-electron chi connectivity index (χ4n) is 7.67. The molecule has 1 radical (unpaired) electrons. The Morgan fingerprint density at radius 2 is 1.40 bits per heavy atom. The molecule has 0 bridgehead atoms. The molecular formula is C40H22BN2OS. The number of anilines is 3. The van der Waals surface area contributed by atoms with E-state index in [4.69, 9.17) is 4.42 Å². The first-order valence-corrected chi connectivity index (χ1v) is 16.1. The van der Waals surface area contributed by atoms with Gasteiger partial charge >= 0.3 is 0 Å². The van der Waals surface area contributed by atoms with E-state index < -0.39 is 0 Å². The Kier molecular flexibility index (Phi) is 4.60. The van der Waals surface area contributed by atoms with Gasteiger partial charge in [0.2, 0.25) is 0 Å². The van der Waals surface area contributed by atoms with E-state index in [0.717, 1.165) is 38.7 Å². The Morgan fingerprint density at radius 3 is 2.36 bits per heavy atom.